The van der Waals surface area contributed by atoms with Crippen LogP contribution in [0.4, 0.5) is 18.9 Å². The molecular formula is C15H14F3N5. The van der Waals surface area contributed by atoms with Crippen LogP contribution in [-0.2, 0) is 19.1 Å². The highest BCUT2D eigenvalue weighted by Crippen LogP contribution is 2.33. The van der Waals surface area contributed by atoms with Gasteiger partial charge in [0, 0.05) is 18.2 Å². The van der Waals surface area contributed by atoms with Crippen LogP contribution in [0.1, 0.15) is 29.2 Å². The molecule has 1 aliphatic rings. The maximum Gasteiger partial charge on any atom is 0.417 e. The van der Waals surface area contributed by atoms with E-state index in [2.05, 4.69) is 15.4 Å². The Bertz CT molecular complexity index is 772. The smallest absolute Gasteiger partial charge is 0.380 e. The van der Waals surface area contributed by atoms with Crippen LogP contribution < -0.4 is 5.32 Å². The molecule has 8 heteroatoms. The Morgan fingerprint density at radius 1 is 1.39 bits per heavy atom. The number of alkyl halides is 3. The molecule has 2 heterocycles. The summed E-state index contributed by atoms with van der Waals surface area (Å²) in [5.74, 6) is 1.63. The van der Waals surface area contributed by atoms with Gasteiger partial charge in [-0.25, -0.2) is 9.67 Å². The molecule has 120 valence electrons. The highest BCUT2D eigenvalue weighted by Gasteiger charge is 2.33. The third-order valence-corrected chi connectivity index (χ3v) is 3.78. The van der Waals surface area contributed by atoms with E-state index in [1.165, 1.54) is 12.1 Å². The fraction of sp³-hybridized carbons (Fsp3) is 0.400. The quantitative estimate of drug-likeness (QED) is 0.923. The number of hydrogen-bond donors (Lipinski definition) is 1. The Balaban J connectivity index is 1.78. The molecule has 2 aromatic rings. The van der Waals surface area contributed by atoms with Crippen LogP contribution in [0.25, 0.3) is 0 Å². The maximum atomic E-state index is 12.8. The zero-order valence-electron chi connectivity index (χ0n) is 12.4. The molecule has 1 N–H and O–H groups in total. The van der Waals surface area contributed by atoms with E-state index >= 15 is 0 Å². The Morgan fingerprint density at radius 2 is 2.17 bits per heavy atom. The van der Waals surface area contributed by atoms with Crippen molar-refractivity contribution in [1.82, 2.24) is 14.8 Å². The SMILES string of the molecule is Cc1nc2n(n1)CC(Nc1ccc(C(F)(F)F)c(C#N)c1)CC2. The van der Waals surface area contributed by atoms with Gasteiger partial charge < -0.3 is 5.32 Å². The van der Waals surface area contributed by atoms with Gasteiger partial charge in [-0.3, -0.25) is 0 Å². The summed E-state index contributed by atoms with van der Waals surface area (Å²) in [6.07, 6.45) is -2.97. The van der Waals surface area contributed by atoms with Crippen LogP contribution in [0.5, 0.6) is 0 Å². The zero-order chi connectivity index (χ0) is 16.6. The zero-order valence-corrected chi connectivity index (χ0v) is 12.4. The Morgan fingerprint density at radius 3 is 2.87 bits per heavy atom. The molecule has 1 aromatic heterocycles. The summed E-state index contributed by atoms with van der Waals surface area (Å²) in [5.41, 5.74) is -0.793. The molecule has 1 aliphatic heterocycles. The number of hydrogen-bond acceptors (Lipinski definition) is 4. The molecule has 5 nitrogen and oxygen atoms in total. The lowest BCUT2D eigenvalue weighted by molar-refractivity contribution is -0.137. The highest BCUT2D eigenvalue weighted by molar-refractivity contribution is 5.54. The summed E-state index contributed by atoms with van der Waals surface area (Å²) in [7, 11) is 0. The summed E-state index contributed by atoms with van der Waals surface area (Å²) in [5, 5.41) is 16.4. The predicted molar refractivity (Wildman–Crippen MR) is 76.6 cm³/mol. The van der Waals surface area contributed by atoms with E-state index in [1.54, 1.807) is 6.07 Å². The number of nitrogens with zero attached hydrogens (tertiary/aromatic N) is 4. The molecule has 0 bridgehead atoms. The topological polar surface area (TPSA) is 66.5 Å². The van der Waals surface area contributed by atoms with Crippen LogP contribution in [0.15, 0.2) is 18.2 Å². The van der Waals surface area contributed by atoms with Gasteiger partial charge in [-0.1, -0.05) is 0 Å². The van der Waals surface area contributed by atoms with Gasteiger partial charge in [0.15, 0.2) is 0 Å². The minimum Gasteiger partial charge on any atom is -0.380 e. The molecule has 0 fully saturated rings. The summed E-state index contributed by atoms with van der Waals surface area (Å²) in [6, 6.07) is 5.18. The van der Waals surface area contributed by atoms with Crippen molar-refractivity contribution in [3.63, 3.8) is 0 Å². The molecule has 1 atom stereocenters. The number of nitriles is 1. The summed E-state index contributed by atoms with van der Waals surface area (Å²) >= 11 is 0. The third kappa shape index (κ3) is 3.13. The molecule has 0 saturated heterocycles. The van der Waals surface area contributed by atoms with Gasteiger partial charge in [-0.05, 0) is 31.5 Å². The summed E-state index contributed by atoms with van der Waals surface area (Å²) in [4.78, 5) is 4.31. The number of aromatic nitrogens is 3. The van der Waals surface area contributed by atoms with E-state index in [0.29, 0.717) is 18.1 Å². The van der Waals surface area contributed by atoms with Gasteiger partial charge in [-0.15, -0.1) is 0 Å². The fourth-order valence-electron chi connectivity index (χ4n) is 2.76. The van der Waals surface area contributed by atoms with Crippen LogP contribution in [0.2, 0.25) is 0 Å². The van der Waals surface area contributed by atoms with Crippen molar-refractivity contribution in [2.45, 2.75) is 38.5 Å². The van der Waals surface area contributed by atoms with E-state index in [9.17, 15) is 13.2 Å². The second-order valence-electron chi connectivity index (χ2n) is 5.51. The second kappa shape index (κ2) is 5.57. The third-order valence-electron chi connectivity index (χ3n) is 3.78. The van der Waals surface area contributed by atoms with Gasteiger partial charge in [0.1, 0.15) is 11.6 Å². The number of rotatable bonds is 2. The van der Waals surface area contributed by atoms with E-state index in [1.807, 2.05) is 11.6 Å². The number of aryl methyl sites for hydroxylation is 2. The van der Waals surface area contributed by atoms with Crippen molar-refractivity contribution in [2.24, 2.45) is 0 Å². The van der Waals surface area contributed by atoms with Crippen LogP contribution >= 0.6 is 0 Å². The first-order valence-corrected chi connectivity index (χ1v) is 7.15. The second-order valence-corrected chi connectivity index (χ2v) is 5.51. The van der Waals surface area contributed by atoms with E-state index < -0.39 is 11.7 Å². The van der Waals surface area contributed by atoms with Crippen LogP contribution in [0.3, 0.4) is 0 Å². The van der Waals surface area contributed by atoms with Gasteiger partial charge >= 0.3 is 6.18 Å². The standard InChI is InChI=1S/C15H14F3N5/c1-9-20-14-5-3-12(8-23(14)22-9)21-11-2-4-13(15(16,17)18)10(6-11)7-19/h2,4,6,12,21H,3,5,8H2,1H3. The molecule has 3 rings (SSSR count). The molecule has 0 radical (unpaired) electrons. The lowest BCUT2D eigenvalue weighted by atomic mass is 10.0. The highest BCUT2D eigenvalue weighted by atomic mass is 19.4. The maximum absolute atomic E-state index is 12.8. The molecule has 0 saturated carbocycles. The van der Waals surface area contributed by atoms with Gasteiger partial charge in [0.25, 0.3) is 0 Å². The molecule has 23 heavy (non-hydrogen) atoms. The average molecular weight is 321 g/mol. The molecule has 0 aliphatic carbocycles. The predicted octanol–water partition coefficient (Wildman–Crippen LogP) is 2.90. The van der Waals surface area contributed by atoms with E-state index in [4.69, 9.17) is 5.26 Å². The summed E-state index contributed by atoms with van der Waals surface area (Å²) < 4.78 is 40.2. The number of nitrogens with one attached hydrogen (secondary N) is 1. The first-order valence-electron chi connectivity index (χ1n) is 7.15. The first kappa shape index (κ1) is 15.3. The number of fused-ring (bicyclic) bond motifs is 1. The van der Waals surface area contributed by atoms with Gasteiger partial charge in [0.05, 0.1) is 23.7 Å². The minimum atomic E-state index is -4.53. The van der Waals surface area contributed by atoms with Crippen molar-refractivity contribution in [1.29, 1.82) is 5.26 Å². The van der Waals surface area contributed by atoms with Crippen molar-refractivity contribution >= 4 is 5.69 Å². The molecule has 0 spiro atoms. The van der Waals surface area contributed by atoms with Crippen LogP contribution in [0, 0.1) is 18.3 Å². The number of benzene rings is 1. The Hall–Kier alpha value is -2.56. The first-order chi connectivity index (χ1) is 10.9. The Kier molecular flexibility index (Phi) is 3.72. The largest absolute Gasteiger partial charge is 0.417 e. The molecule has 1 unspecified atom stereocenters. The lowest BCUT2D eigenvalue weighted by Crippen LogP contribution is -2.32. The molecule has 0 amide bonds. The average Bonchev–Trinajstić information content (AvgIpc) is 2.85. The van der Waals surface area contributed by atoms with Crippen molar-refractivity contribution in [3.8, 4) is 6.07 Å². The fourth-order valence-corrected chi connectivity index (χ4v) is 2.76. The van der Waals surface area contributed by atoms with Crippen molar-refractivity contribution in [3.05, 3.63) is 41.0 Å². The van der Waals surface area contributed by atoms with Gasteiger partial charge in [-0.2, -0.15) is 23.5 Å². The monoisotopic (exact) mass is 321 g/mol. The number of halogens is 3. The molecular weight excluding hydrogens is 307 g/mol. The van der Waals surface area contributed by atoms with E-state index in [0.717, 1.165) is 24.7 Å². The Labute approximate surface area is 130 Å². The van der Waals surface area contributed by atoms with E-state index in [-0.39, 0.29) is 11.6 Å². The van der Waals surface area contributed by atoms with Gasteiger partial charge in [0.2, 0.25) is 0 Å². The lowest BCUT2D eigenvalue weighted by Gasteiger charge is -2.24. The van der Waals surface area contributed by atoms with Crippen molar-refractivity contribution < 1.29 is 13.2 Å². The number of anilines is 1. The molecule has 1 aromatic carbocycles. The van der Waals surface area contributed by atoms with Crippen molar-refractivity contribution in [2.75, 3.05) is 5.32 Å². The normalized spacial score (nSPS) is 17.4. The minimum absolute atomic E-state index is 0.0341. The van der Waals surface area contributed by atoms with Crippen LogP contribution in [-0.4, -0.2) is 20.8 Å². The summed E-state index contributed by atoms with van der Waals surface area (Å²) in [6.45, 7) is 2.42.